The third kappa shape index (κ3) is 3.91. The summed E-state index contributed by atoms with van der Waals surface area (Å²) in [5.74, 6) is 0. The molecule has 0 N–H and O–H groups in total. The summed E-state index contributed by atoms with van der Waals surface area (Å²) in [5, 5.41) is 4.40. The Morgan fingerprint density at radius 1 is 0.640 bits per heavy atom. The van der Waals surface area contributed by atoms with Crippen LogP contribution in [0, 0.1) is 0 Å². The maximum atomic E-state index is 2.38. The predicted octanol–water partition coefficient (Wildman–Crippen LogP) is 5.34. The summed E-state index contributed by atoms with van der Waals surface area (Å²) in [6.45, 7) is 4.38. The van der Waals surface area contributed by atoms with Crippen molar-refractivity contribution in [1.82, 2.24) is 0 Å². The van der Waals surface area contributed by atoms with E-state index in [0.717, 1.165) is 12.6 Å². The lowest BCUT2D eigenvalue weighted by molar-refractivity contribution is 1.18. The van der Waals surface area contributed by atoms with Crippen LogP contribution in [-0.4, -0.2) is 6.16 Å². The zero-order valence-corrected chi connectivity index (χ0v) is 16.0. The van der Waals surface area contributed by atoms with Crippen molar-refractivity contribution in [3.63, 3.8) is 0 Å². The molecule has 0 aromatic heterocycles. The summed E-state index contributed by atoms with van der Waals surface area (Å²) < 4.78 is 0. The molecule has 0 bridgehead atoms. The number of hydrogen-bond acceptors (Lipinski definition) is 0. The van der Waals surface area contributed by atoms with E-state index in [0.29, 0.717) is 0 Å². The molecule has 0 saturated carbocycles. The van der Waals surface area contributed by atoms with E-state index in [9.17, 15) is 0 Å². The Kier molecular flexibility index (Phi) is 5.84. The maximum absolute atomic E-state index is 2.38. The van der Waals surface area contributed by atoms with Crippen molar-refractivity contribution in [3.8, 4) is 0 Å². The van der Waals surface area contributed by atoms with Gasteiger partial charge in [0.15, 0.2) is 0 Å². The third-order valence-electron chi connectivity index (χ3n) is 4.61. The van der Waals surface area contributed by atoms with Crippen LogP contribution in [0.25, 0.3) is 0 Å². The highest BCUT2D eigenvalue weighted by atomic mass is 31.2. The molecule has 1 heteroatoms. The monoisotopic (exact) mass is 345 g/mol. The maximum Gasteiger partial charge on any atom is 0.112 e. The van der Waals surface area contributed by atoms with Crippen LogP contribution in [0.1, 0.15) is 20.3 Å². The highest BCUT2D eigenvalue weighted by molar-refractivity contribution is 7.95. The second-order valence-corrected chi connectivity index (χ2v) is 10.2. The average Bonchev–Trinajstić information content (AvgIpc) is 2.67. The van der Waals surface area contributed by atoms with Crippen molar-refractivity contribution in [2.24, 2.45) is 0 Å². The van der Waals surface area contributed by atoms with E-state index in [1.165, 1.54) is 21.5 Å². The predicted molar refractivity (Wildman–Crippen MR) is 114 cm³/mol. The fourth-order valence-electron chi connectivity index (χ4n) is 3.43. The normalized spacial score (nSPS) is 11.1. The summed E-state index contributed by atoms with van der Waals surface area (Å²) >= 11 is 0. The molecule has 0 saturated heterocycles. The fourth-order valence-corrected chi connectivity index (χ4v) is 7.66. The van der Waals surface area contributed by atoms with E-state index in [-0.39, 0.29) is 0 Å². The SMILES string of the molecule is CC(C)=CCC[P+](c1ccccc1)(c1ccccc1)c1ccccc1. The van der Waals surface area contributed by atoms with Crippen molar-refractivity contribution < 1.29 is 0 Å². The van der Waals surface area contributed by atoms with Gasteiger partial charge in [0.25, 0.3) is 0 Å². The minimum absolute atomic E-state index is 1.11. The Labute approximate surface area is 152 Å². The second kappa shape index (κ2) is 8.28. The summed E-state index contributed by atoms with van der Waals surface area (Å²) in [4.78, 5) is 0. The van der Waals surface area contributed by atoms with Crippen LogP contribution in [0.3, 0.4) is 0 Å². The lowest BCUT2D eigenvalue weighted by Crippen LogP contribution is -2.33. The first-order valence-corrected chi connectivity index (χ1v) is 10.9. The largest absolute Gasteiger partial charge is 0.112 e. The molecular formula is C24H26P+. The van der Waals surface area contributed by atoms with E-state index in [2.05, 4.69) is 111 Å². The van der Waals surface area contributed by atoms with Crippen LogP contribution in [0.15, 0.2) is 103 Å². The fraction of sp³-hybridized carbons (Fsp3) is 0.167. The molecule has 3 aromatic rings. The Bertz CT molecular complexity index is 704. The zero-order chi connectivity index (χ0) is 17.5. The lowest BCUT2D eigenvalue weighted by atomic mass is 10.3. The smallest absolute Gasteiger partial charge is 0.0822 e. The quantitative estimate of drug-likeness (QED) is 0.418. The molecule has 0 fully saturated rings. The van der Waals surface area contributed by atoms with Gasteiger partial charge in [0, 0.05) is 6.42 Å². The first-order valence-electron chi connectivity index (χ1n) is 8.92. The molecule has 0 aliphatic carbocycles. The van der Waals surface area contributed by atoms with E-state index >= 15 is 0 Å². The first kappa shape index (κ1) is 17.6. The topological polar surface area (TPSA) is 0 Å². The van der Waals surface area contributed by atoms with Crippen molar-refractivity contribution in [2.45, 2.75) is 20.3 Å². The molecule has 3 rings (SSSR count). The van der Waals surface area contributed by atoms with Crippen molar-refractivity contribution in [3.05, 3.63) is 103 Å². The molecule has 0 spiro atoms. The molecule has 0 unspecified atom stereocenters. The zero-order valence-electron chi connectivity index (χ0n) is 15.1. The molecule has 0 amide bonds. The Balaban J connectivity index is 2.22. The molecule has 0 atom stereocenters. The average molecular weight is 345 g/mol. The van der Waals surface area contributed by atoms with Gasteiger partial charge in [-0.25, -0.2) is 0 Å². The van der Waals surface area contributed by atoms with Gasteiger partial charge in [0.1, 0.15) is 23.2 Å². The van der Waals surface area contributed by atoms with Crippen LogP contribution in [-0.2, 0) is 0 Å². The van der Waals surface area contributed by atoms with Gasteiger partial charge in [0.2, 0.25) is 0 Å². The van der Waals surface area contributed by atoms with Crippen molar-refractivity contribution in [2.75, 3.05) is 6.16 Å². The van der Waals surface area contributed by atoms with Gasteiger partial charge < -0.3 is 0 Å². The second-order valence-electron chi connectivity index (χ2n) is 6.61. The van der Waals surface area contributed by atoms with E-state index < -0.39 is 7.26 Å². The Morgan fingerprint density at radius 2 is 1.00 bits per heavy atom. The summed E-state index contributed by atoms with van der Waals surface area (Å²) in [5.41, 5.74) is 1.40. The highest BCUT2D eigenvalue weighted by Gasteiger charge is 2.44. The van der Waals surface area contributed by atoms with Crippen LogP contribution in [0.4, 0.5) is 0 Å². The number of benzene rings is 3. The molecule has 0 aliphatic rings. The summed E-state index contributed by atoms with van der Waals surface area (Å²) in [6, 6.07) is 33.3. The van der Waals surface area contributed by atoms with Crippen LogP contribution in [0.2, 0.25) is 0 Å². The van der Waals surface area contributed by atoms with Gasteiger partial charge in [-0.15, -0.1) is 0 Å². The highest BCUT2D eigenvalue weighted by Crippen LogP contribution is 2.55. The standard InChI is InChI=1S/C24H26P/c1-21(2)13-12-20-25(22-14-6-3-7-15-22,23-16-8-4-9-17-23)24-18-10-5-11-19-24/h3-11,13-19H,12,20H2,1-2H3/q+1. The van der Waals surface area contributed by atoms with Crippen molar-refractivity contribution >= 4 is 23.2 Å². The van der Waals surface area contributed by atoms with Gasteiger partial charge >= 0.3 is 0 Å². The molecule has 0 aliphatic heterocycles. The Morgan fingerprint density at radius 3 is 1.32 bits per heavy atom. The summed E-state index contributed by atoms with van der Waals surface area (Å²) in [7, 11) is -1.65. The third-order valence-corrected chi connectivity index (χ3v) is 9.08. The molecule has 0 nitrogen and oxygen atoms in total. The molecular weight excluding hydrogens is 319 g/mol. The molecule has 25 heavy (non-hydrogen) atoms. The van der Waals surface area contributed by atoms with Gasteiger partial charge in [0.05, 0.1) is 6.16 Å². The van der Waals surface area contributed by atoms with E-state index in [1.807, 2.05) is 0 Å². The molecule has 126 valence electrons. The van der Waals surface area contributed by atoms with Gasteiger partial charge in [-0.3, -0.25) is 0 Å². The minimum atomic E-state index is -1.65. The van der Waals surface area contributed by atoms with E-state index in [1.54, 1.807) is 0 Å². The Hall–Kier alpha value is -2.17. The van der Waals surface area contributed by atoms with Gasteiger partial charge in [-0.2, -0.15) is 0 Å². The van der Waals surface area contributed by atoms with Crippen LogP contribution in [0.5, 0.6) is 0 Å². The van der Waals surface area contributed by atoms with Crippen LogP contribution < -0.4 is 15.9 Å². The van der Waals surface area contributed by atoms with Gasteiger partial charge in [-0.1, -0.05) is 66.2 Å². The molecule has 3 aromatic carbocycles. The molecule has 0 heterocycles. The molecule has 0 radical (unpaired) electrons. The first-order chi connectivity index (χ1) is 12.2. The van der Waals surface area contributed by atoms with Gasteiger partial charge in [-0.05, 0) is 50.2 Å². The van der Waals surface area contributed by atoms with Crippen molar-refractivity contribution in [1.29, 1.82) is 0 Å². The number of rotatable bonds is 6. The van der Waals surface area contributed by atoms with Crippen LogP contribution >= 0.6 is 7.26 Å². The number of hydrogen-bond donors (Lipinski definition) is 0. The van der Waals surface area contributed by atoms with E-state index in [4.69, 9.17) is 0 Å². The minimum Gasteiger partial charge on any atom is -0.0822 e. The summed E-state index contributed by atoms with van der Waals surface area (Å²) in [6.07, 6.45) is 4.65. The lowest BCUT2D eigenvalue weighted by Gasteiger charge is -2.27. The number of allylic oxidation sites excluding steroid dienone is 2.